The molecule has 0 aliphatic rings. The second-order valence-corrected chi connectivity index (χ2v) is 5.33. The summed E-state index contributed by atoms with van der Waals surface area (Å²) in [5.41, 5.74) is 1.70. The quantitative estimate of drug-likeness (QED) is 0.580. The summed E-state index contributed by atoms with van der Waals surface area (Å²) in [6.45, 7) is 0.325. The van der Waals surface area contributed by atoms with Gasteiger partial charge < -0.3 is 0 Å². The fraction of sp³-hybridized carbons (Fsp3) is 0.0588. The lowest BCUT2D eigenvalue weighted by Crippen LogP contribution is -2.21. The Morgan fingerprint density at radius 2 is 2.04 bits per heavy atom. The molecule has 0 bridgehead atoms. The minimum Gasteiger partial charge on any atom is -0.294 e. The summed E-state index contributed by atoms with van der Waals surface area (Å²) in [5, 5.41) is 4.69. The zero-order valence-corrected chi connectivity index (χ0v) is 12.5. The second kappa shape index (κ2) is 5.69. The molecule has 0 unspecified atom stereocenters. The Kier molecular flexibility index (Phi) is 3.38. The van der Waals surface area contributed by atoms with Gasteiger partial charge in [0.2, 0.25) is 0 Å². The van der Waals surface area contributed by atoms with Crippen LogP contribution in [0.1, 0.15) is 5.56 Å². The number of rotatable bonds is 3. The monoisotopic (exact) mass is 321 g/mol. The van der Waals surface area contributed by atoms with E-state index in [1.54, 1.807) is 47.5 Å². The second-order valence-electron chi connectivity index (χ2n) is 5.33. The largest absolute Gasteiger partial charge is 0.294 e. The summed E-state index contributed by atoms with van der Waals surface area (Å²) in [4.78, 5) is 20.7. The Morgan fingerprint density at radius 3 is 2.92 bits per heavy atom. The molecular formula is C17H12FN5O. The zero-order valence-electron chi connectivity index (χ0n) is 12.5. The lowest BCUT2D eigenvalue weighted by Gasteiger charge is -2.04. The molecule has 0 aliphatic heterocycles. The zero-order chi connectivity index (χ0) is 16.5. The van der Waals surface area contributed by atoms with Gasteiger partial charge in [0.1, 0.15) is 12.1 Å². The Bertz CT molecular complexity index is 1090. The smallest absolute Gasteiger partial charge is 0.263 e. The molecule has 0 saturated carbocycles. The van der Waals surface area contributed by atoms with E-state index < -0.39 is 0 Å². The van der Waals surface area contributed by atoms with Crippen molar-refractivity contribution in [2.24, 2.45) is 0 Å². The van der Waals surface area contributed by atoms with Gasteiger partial charge in [-0.3, -0.25) is 9.36 Å². The minimum absolute atomic E-state index is 0.161. The molecule has 0 radical (unpaired) electrons. The molecule has 3 aromatic heterocycles. The van der Waals surface area contributed by atoms with Gasteiger partial charge in [-0.1, -0.05) is 6.07 Å². The maximum atomic E-state index is 13.3. The topological polar surface area (TPSA) is 65.6 Å². The van der Waals surface area contributed by atoms with Crippen molar-refractivity contribution in [3.63, 3.8) is 0 Å². The molecule has 7 heteroatoms. The van der Waals surface area contributed by atoms with Crippen molar-refractivity contribution in [1.29, 1.82) is 0 Å². The number of pyridine rings is 1. The fourth-order valence-corrected chi connectivity index (χ4v) is 2.51. The van der Waals surface area contributed by atoms with Crippen LogP contribution in [0.5, 0.6) is 0 Å². The van der Waals surface area contributed by atoms with Crippen LogP contribution in [-0.4, -0.2) is 24.3 Å². The summed E-state index contributed by atoms with van der Waals surface area (Å²) >= 11 is 0. The first-order chi connectivity index (χ1) is 11.7. The summed E-state index contributed by atoms with van der Waals surface area (Å²) in [5.74, 6) is -0.327. The average molecular weight is 321 g/mol. The molecule has 0 saturated heterocycles. The SMILES string of the molecule is O=c1c2cccnc2ncn1Cc1cnn(-c2cccc(F)c2)c1. The lowest BCUT2D eigenvalue weighted by atomic mass is 10.3. The fourth-order valence-electron chi connectivity index (χ4n) is 2.51. The predicted octanol–water partition coefficient (Wildman–Crippen LogP) is 2.16. The molecule has 0 atom stereocenters. The normalized spacial score (nSPS) is 11.0. The Balaban J connectivity index is 1.67. The molecular weight excluding hydrogens is 309 g/mol. The van der Waals surface area contributed by atoms with Gasteiger partial charge in [0, 0.05) is 18.0 Å². The third kappa shape index (κ3) is 2.56. The standard InChI is InChI=1S/C17H12FN5O/c18-13-3-1-4-14(7-13)23-10-12(8-21-23)9-22-11-20-16-15(17(22)24)5-2-6-19-16/h1-8,10-11H,9H2. The van der Waals surface area contributed by atoms with E-state index in [4.69, 9.17) is 0 Å². The van der Waals surface area contributed by atoms with E-state index in [1.807, 2.05) is 0 Å². The van der Waals surface area contributed by atoms with Crippen LogP contribution >= 0.6 is 0 Å². The van der Waals surface area contributed by atoms with Gasteiger partial charge in [0.15, 0.2) is 5.65 Å². The van der Waals surface area contributed by atoms with Crippen LogP contribution in [0.25, 0.3) is 16.7 Å². The average Bonchev–Trinajstić information content (AvgIpc) is 3.06. The Hall–Kier alpha value is -3.35. The third-order valence-electron chi connectivity index (χ3n) is 3.66. The minimum atomic E-state index is -0.327. The molecule has 0 amide bonds. The number of halogens is 1. The number of hydrogen-bond acceptors (Lipinski definition) is 4. The highest BCUT2D eigenvalue weighted by atomic mass is 19.1. The van der Waals surface area contributed by atoms with E-state index >= 15 is 0 Å². The van der Waals surface area contributed by atoms with E-state index in [0.29, 0.717) is 23.3 Å². The molecule has 118 valence electrons. The highest BCUT2D eigenvalue weighted by Crippen LogP contribution is 2.11. The molecule has 4 aromatic rings. The third-order valence-corrected chi connectivity index (χ3v) is 3.66. The maximum absolute atomic E-state index is 13.3. The maximum Gasteiger partial charge on any atom is 0.263 e. The van der Waals surface area contributed by atoms with Crippen LogP contribution in [-0.2, 0) is 6.54 Å². The van der Waals surface area contributed by atoms with E-state index in [1.165, 1.54) is 23.0 Å². The van der Waals surface area contributed by atoms with Gasteiger partial charge in [-0.05, 0) is 30.3 Å². The van der Waals surface area contributed by atoms with E-state index in [2.05, 4.69) is 15.1 Å². The van der Waals surface area contributed by atoms with E-state index in [0.717, 1.165) is 5.56 Å². The van der Waals surface area contributed by atoms with Crippen molar-refractivity contribution < 1.29 is 4.39 Å². The first-order valence-electron chi connectivity index (χ1n) is 7.30. The number of fused-ring (bicyclic) bond motifs is 1. The Morgan fingerprint density at radius 1 is 1.12 bits per heavy atom. The van der Waals surface area contributed by atoms with Gasteiger partial charge in [-0.25, -0.2) is 19.0 Å². The van der Waals surface area contributed by atoms with Crippen LogP contribution in [0.15, 0.2) is 66.1 Å². The van der Waals surface area contributed by atoms with Crippen LogP contribution < -0.4 is 5.56 Å². The molecule has 3 heterocycles. The highest BCUT2D eigenvalue weighted by Gasteiger charge is 2.07. The van der Waals surface area contributed by atoms with Gasteiger partial charge in [0.25, 0.3) is 5.56 Å². The van der Waals surface area contributed by atoms with Gasteiger partial charge in [-0.2, -0.15) is 5.10 Å². The van der Waals surface area contributed by atoms with Crippen LogP contribution in [0, 0.1) is 5.82 Å². The molecule has 0 spiro atoms. The van der Waals surface area contributed by atoms with Crippen molar-refractivity contribution in [3.05, 3.63) is 83.1 Å². The molecule has 1 aromatic carbocycles. The molecule has 6 nitrogen and oxygen atoms in total. The Labute approximate surface area is 135 Å². The molecule has 0 fully saturated rings. The van der Waals surface area contributed by atoms with Crippen molar-refractivity contribution in [2.45, 2.75) is 6.54 Å². The first-order valence-corrected chi connectivity index (χ1v) is 7.30. The summed E-state index contributed by atoms with van der Waals surface area (Å²) in [7, 11) is 0. The van der Waals surface area contributed by atoms with Crippen LogP contribution in [0.3, 0.4) is 0 Å². The van der Waals surface area contributed by atoms with Gasteiger partial charge in [0.05, 0.1) is 23.8 Å². The first kappa shape index (κ1) is 14.3. The molecule has 24 heavy (non-hydrogen) atoms. The summed E-state index contributed by atoms with van der Waals surface area (Å²) in [6.07, 6.45) is 6.47. The highest BCUT2D eigenvalue weighted by molar-refractivity contribution is 5.72. The number of benzene rings is 1. The number of nitrogens with zero attached hydrogens (tertiary/aromatic N) is 5. The van der Waals surface area contributed by atoms with Crippen molar-refractivity contribution in [1.82, 2.24) is 24.3 Å². The van der Waals surface area contributed by atoms with Crippen molar-refractivity contribution >= 4 is 11.0 Å². The van der Waals surface area contributed by atoms with Crippen molar-refractivity contribution in [2.75, 3.05) is 0 Å². The molecule has 4 rings (SSSR count). The predicted molar refractivity (Wildman–Crippen MR) is 86.4 cm³/mol. The van der Waals surface area contributed by atoms with E-state index in [9.17, 15) is 9.18 Å². The lowest BCUT2D eigenvalue weighted by molar-refractivity contribution is 0.625. The molecule has 0 aliphatic carbocycles. The van der Waals surface area contributed by atoms with Crippen LogP contribution in [0.2, 0.25) is 0 Å². The number of aromatic nitrogens is 5. The van der Waals surface area contributed by atoms with Gasteiger partial charge in [-0.15, -0.1) is 0 Å². The number of hydrogen-bond donors (Lipinski definition) is 0. The van der Waals surface area contributed by atoms with Crippen molar-refractivity contribution in [3.8, 4) is 5.69 Å². The van der Waals surface area contributed by atoms with Gasteiger partial charge >= 0.3 is 0 Å². The summed E-state index contributed by atoms with van der Waals surface area (Å²) < 4.78 is 16.4. The van der Waals surface area contributed by atoms with Crippen LogP contribution in [0.4, 0.5) is 4.39 Å². The summed E-state index contributed by atoms with van der Waals surface area (Å²) in [6, 6.07) is 9.56. The molecule has 0 N–H and O–H groups in total. The van der Waals surface area contributed by atoms with E-state index in [-0.39, 0.29) is 11.4 Å².